The second-order valence-electron chi connectivity index (χ2n) is 7.70. The zero-order chi connectivity index (χ0) is 22.2. The first kappa shape index (κ1) is 21.1. The van der Waals surface area contributed by atoms with Gasteiger partial charge in [-0.1, -0.05) is 41.9 Å². The van der Waals surface area contributed by atoms with Crippen LogP contribution in [0.1, 0.15) is 22.9 Å². The Bertz CT molecular complexity index is 1310. The van der Waals surface area contributed by atoms with Crippen molar-refractivity contribution in [2.75, 3.05) is 11.9 Å². The Balaban J connectivity index is 1.53. The Kier molecular flexibility index (Phi) is 5.71. The highest BCUT2D eigenvalue weighted by Gasteiger charge is 2.28. The topological polar surface area (TPSA) is 62.3 Å². The molecule has 5 rings (SSSR count). The van der Waals surface area contributed by atoms with Gasteiger partial charge in [-0.2, -0.15) is 0 Å². The van der Waals surface area contributed by atoms with E-state index in [0.717, 1.165) is 42.7 Å². The molecule has 2 aromatic carbocycles. The summed E-state index contributed by atoms with van der Waals surface area (Å²) in [5, 5.41) is 5.38. The molecule has 1 aliphatic rings. The lowest BCUT2D eigenvalue weighted by molar-refractivity contribution is -0.129. The Morgan fingerprint density at radius 2 is 1.91 bits per heavy atom. The molecule has 162 valence electrons. The van der Waals surface area contributed by atoms with Crippen molar-refractivity contribution in [3.63, 3.8) is 0 Å². The number of thiophene rings is 1. The van der Waals surface area contributed by atoms with Crippen LogP contribution in [0.5, 0.6) is 0 Å². The summed E-state index contributed by atoms with van der Waals surface area (Å²) in [7, 11) is 0. The summed E-state index contributed by atoms with van der Waals surface area (Å²) in [4.78, 5) is 32.7. The first-order chi connectivity index (χ1) is 15.5. The van der Waals surface area contributed by atoms with Crippen molar-refractivity contribution in [2.45, 2.75) is 26.3 Å². The smallest absolute Gasteiger partial charge is 0.229 e. The van der Waals surface area contributed by atoms with E-state index in [2.05, 4.69) is 11.4 Å². The quantitative estimate of drug-likeness (QED) is 0.403. The molecule has 0 bridgehead atoms. The van der Waals surface area contributed by atoms with E-state index in [1.165, 1.54) is 16.9 Å². The molecule has 0 unspecified atom stereocenters. The van der Waals surface area contributed by atoms with E-state index in [1.54, 1.807) is 24.3 Å². The van der Waals surface area contributed by atoms with Gasteiger partial charge in [0.2, 0.25) is 11.8 Å². The molecule has 0 radical (unpaired) electrons. The molecule has 0 saturated carbocycles. The second kappa shape index (κ2) is 8.65. The highest BCUT2D eigenvalue weighted by atomic mass is 35.5. The molecule has 8 heteroatoms. The van der Waals surface area contributed by atoms with Crippen LogP contribution in [0.4, 0.5) is 5.00 Å². The number of anilines is 1. The fourth-order valence-corrected chi connectivity index (χ4v) is 6.54. The number of rotatable bonds is 4. The van der Waals surface area contributed by atoms with Crippen LogP contribution < -0.4 is 5.32 Å². The Labute approximate surface area is 198 Å². The second-order valence-corrected chi connectivity index (χ2v) is 10.2. The molecule has 3 heterocycles. The van der Waals surface area contributed by atoms with Gasteiger partial charge in [0.05, 0.1) is 23.2 Å². The van der Waals surface area contributed by atoms with E-state index >= 15 is 0 Å². The summed E-state index contributed by atoms with van der Waals surface area (Å²) in [6, 6.07) is 15.4. The van der Waals surface area contributed by atoms with E-state index in [0.29, 0.717) is 18.1 Å². The number of thiazole rings is 1. The number of fused-ring (bicyclic) bond motifs is 2. The first-order valence-electron chi connectivity index (χ1n) is 10.3. The van der Waals surface area contributed by atoms with Crippen LogP contribution in [-0.4, -0.2) is 28.2 Å². The summed E-state index contributed by atoms with van der Waals surface area (Å²) in [6.07, 6.45) is 0.943. The van der Waals surface area contributed by atoms with Crippen LogP contribution in [0.2, 0.25) is 5.02 Å². The lowest BCUT2D eigenvalue weighted by atomic mass is 10.0. The highest BCUT2D eigenvalue weighted by molar-refractivity contribution is 7.22. The van der Waals surface area contributed by atoms with E-state index in [4.69, 9.17) is 16.6 Å². The predicted molar refractivity (Wildman–Crippen MR) is 132 cm³/mol. The third kappa shape index (κ3) is 4.03. The van der Waals surface area contributed by atoms with Gasteiger partial charge in [-0.15, -0.1) is 22.7 Å². The number of nitrogens with one attached hydrogen (secondary N) is 1. The number of benzene rings is 2. The maximum atomic E-state index is 12.9. The van der Waals surface area contributed by atoms with Crippen LogP contribution in [0.15, 0.2) is 48.5 Å². The van der Waals surface area contributed by atoms with Gasteiger partial charge in [0.25, 0.3) is 0 Å². The zero-order valence-electron chi connectivity index (χ0n) is 17.4. The largest absolute Gasteiger partial charge is 0.337 e. The fourth-order valence-electron chi connectivity index (χ4n) is 3.95. The molecule has 32 heavy (non-hydrogen) atoms. The van der Waals surface area contributed by atoms with Gasteiger partial charge in [-0.3, -0.25) is 9.59 Å². The summed E-state index contributed by atoms with van der Waals surface area (Å²) < 4.78 is 1.11. The summed E-state index contributed by atoms with van der Waals surface area (Å²) >= 11 is 9.41. The van der Waals surface area contributed by atoms with E-state index < -0.39 is 0 Å². The molecule has 2 aromatic heterocycles. The van der Waals surface area contributed by atoms with Crippen LogP contribution in [0.25, 0.3) is 20.8 Å². The number of nitrogens with zero attached hydrogens (tertiary/aromatic N) is 2. The number of carbonyl (C=O) groups is 2. The standard InChI is InChI=1S/C24H20ClN3O2S2/c1-14(29)28-11-10-16-20(13-28)32-24(27-21(30)12-15-6-2-3-7-17(15)25)22(16)23-26-18-8-4-5-9-19(18)31-23/h2-9H,10-13H2,1H3,(H,27,30). The molecule has 0 atom stereocenters. The van der Waals surface area contributed by atoms with Crippen molar-refractivity contribution in [1.29, 1.82) is 0 Å². The summed E-state index contributed by atoms with van der Waals surface area (Å²) in [6.45, 7) is 2.83. The van der Waals surface area contributed by atoms with Crippen molar-refractivity contribution in [1.82, 2.24) is 9.88 Å². The van der Waals surface area contributed by atoms with E-state index in [1.807, 2.05) is 41.3 Å². The zero-order valence-corrected chi connectivity index (χ0v) is 19.7. The monoisotopic (exact) mass is 481 g/mol. The molecule has 1 aliphatic heterocycles. The van der Waals surface area contributed by atoms with Gasteiger partial charge < -0.3 is 10.2 Å². The number of para-hydroxylation sites is 1. The van der Waals surface area contributed by atoms with Crippen LogP contribution in [0, 0.1) is 0 Å². The van der Waals surface area contributed by atoms with Gasteiger partial charge in [-0.25, -0.2) is 4.98 Å². The number of hydrogen-bond donors (Lipinski definition) is 1. The molecule has 0 spiro atoms. The van der Waals surface area contributed by atoms with Crippen molar-refractivity contribution in [2.24, 2.45) is 0 Å². The van der Waals surface area contributed by atoms with Crippen LogP contribution >= 0.6 is 34.3 Å². The normalized spacial score (nSPS) is 13.2. The summed E-state index contributed by atoms with van der Waals surface area (Å²) in [5.74, 6) is -0.0580. The van der Waals surface area contributed by atoms with Crippen molar-refractivity contribution >= 4 is 61.3 Å². The average Bonchev–Trinajstić information content (AvgIpc) is 3.35. The van der Waals surface area contributed by atoms with E-state index in [9.17, 15) is 9.59 Å². The molecule has 2 amide bonds. The number of amides is 2. The Morgan fingerprint density at radius 3 is 2.69 bits per heavy atom. The maximum absolute atomic E-state index is 12.9. The van der Waals surface area contributed by atoms with Crippen LogP contribution in [-0.2, 0) is 29.0 Å². The number of aromatic nitrogens is 1. The minimum absolute atomic E-state index is 0.0647. The highest BCUT2D eigenvalue weighted by Crippen LogP contribution is 2.45. The Morgan fingerprint density at radius 1 is 1.12 bits per heavy atom. The number of hydrogen-bond acceptors (Lipinski definition) is 5. The van der Waals surface area contributed by atoms with Crippen molar-refractivity contribution in [3.05, 3.63) is 69.6 Å². The van der Waals surface area contributed by atoms with Gasteiger partial charge in [0.1, 0.15) is 10.0 Å². The van der Waals surface area contributed by atoms with Crippen LogP contribution in [0.3, 0.4) is 0 Å². The van der Waals surface area contributed by atoms with Gasteiger partial charge in [-0.05, 0) is 35.7 Å². The molecule has 0 fully saturated rings. The van der Waals surface area contributed by atoms with Crippen molar-refractivity contribution < 1.29 is 9.59 Å². The Hall–Kier alpha value is -2.74. The maximum Gasteiger partial charge on any atom is 0.229 e. The van der Waals surface area contributed by atoms with E-state index in [-0.39, 0.29) is 18.2 Å². The first-order valence-corrected chi connectivity index (χ1v) is 12.3. The number of carbonyl (C=O) groups excluding carboxylic acids is 2. The minimum Gasteiger partial charge on any atom is -0.337 e. The molecular weight excluding hydrogens is 462 g/mol. The fraction of sp³-hybridized carbons (Fsp3) is 0.208. The van der Waals surface area contributed by atoms with Gasteiger partial charge in [0, 0.05) is 28.9 Å². The molecule has 5 nitrogen and oxygen atoms in total. The lowest BCUT2D eigenvalue weighted by Crippen LogP contribution is -2.33. The third-order valence-corrected chi connectivity index (χ3v) is 8.13. The SMILES string of the molecule is CC(=O)N1CCc2c(sc(NC(=O)Cc3ccccc3Cl)c2-c2nc3ccccc3s2)C1. The van der Waals surface area contributed by atoms with Gasteiger partial charge >= 0.3 is 0 Å². The molecule has 4 aromatic rings. The number of halogens is 1. The predicted octanol–water partition coefficient (Wildman–Crippen LogP) is 5.76. The molecule has 0 saturated heterocycles. The third-order valence-electron chi connectivity index (χ3n) is 5.57. The molecule has 0 aliphatic carbocycles. The van der Waals surface area contributed by atoms with Gasteiger partial charge in [0.15, 0.2) is 0 Å². The average molecular weight is 482 g/mol. The minimum atomic E-state index is -0.123. The molecule has 1 N–H and O–H groups in total. The lowest BCUT2D eigenvalue weighted by Gasteiger charge is -2.26. The summed E-state index contributed by atoms with van der Waals surface area (Å²) in [5.41, 5.74) is 3.90. The molecular formula is C24H20ClN3O2S2. The van der Waals surface area contributed by atoms with Crippen molar-refractivity contribution in [3.8, 4) is 10.6 Å².